The number of esters is 1. The summed E-state index contributed by atoms with van der Waals surface area (Å²) in [6.07, 6.45) is 5.12. The number of piperidine rings is 1. The lowest BCUT2D eigenvalue weighted by molar-refractivity contribution is -0.136. The molecule has 1 saturated heterocycles. The summed E-state index contributed by atoms with van der Waals surface area (Å²) in [7, 11) is 0. The third kappa shape index (κ3) is 4.07. The molecule has 0 aromatic carbocycles. The molecule has 1 aromatic rings. The zero-order valence-corrected chi connectivity index (χ0v) is 12.9. The number of carbonyl (C=O) groups is 2. The summed E-state index contributed by atoms with van der Waals surface area (Å²) < 4.78 is 5.07. The van der Waals surface area contributed by atoms with E-state index in [1.54, 1.807) is 24.4 Å². The molecular weight excluding hydrogens is 296 g/mol. The molecule has 122 valence electrons. The van der Waals surface area contributed by atoms with Crippen LogP contribution in [0.1, 0.15) is 19.3 Å². The van der Waals surface area contributed by atoms with Crippen molar-refractivity contribution >= 4 is 17.8 Å². The van der Waals surface area contributed by atoms with Crippen LogP contribution in [0.3, 0.4) is 0 Å². The second-order valence-electron chi connectivity index (χ2n) is 5.66. The van der Waals surface area contributed by atoms with Gasteiger partial charge in [-0.05, 0) is 38.1 Å². The molecule has 0 aliphatic carbocycles. The van der Waals surface area contributed by atoms with E-state index >= 15 is 0 Å². The highest BCUT2D eigenvalue weighted by atomic mass is 16.5. The van der Waals surface area contributed by atoms with Gasteiger partial charge in [0.25, 0.3) is 0 Å². The Hall–Kier alpha value is -2.41. The lowest BCUT2D eigenvalue weighted by Crippen LogP contribution is -2.35. The van der Waals surface area contributed by atoms with Crippen molar-refractivity contribution in [2.75, 3.05) is 31.6 Å². The predicted octanol–water partition coefficient (Wildman–Crippen LogP) is 1.50. The lowest BCUT2D eigenvalue weighted by atomic mass is 10.1. The van der Waals surface area contributed by atoms with Crippen LogP contribution in [0, 0.1) is 0 Å². The Balaban J connectivity index is 1.63. The highest BCUT2D eigenvalue weighted by Gasteiger charge is 2.28. The number of nitrogens with one attached hydrogen (secondary N) is 2. The van der Waals surface area contributed by atoms with Gasteiger partial charge < -0.3 is 10.1 Å². The second kappa shape index (κ2) is 7.23. The van der Waals surface area contributed by atoms with Crippen molar-refractivity contribution < 1.29 is 14.3 Å². The number of hydrogen-bond donors (Lipinski definition) is 2. The van der Waals surface area contributed by atoms with E-state index in [1.165, 1.54) is 6.42 Å². The maximum Gasteiger partial charge on any atom is 0.337 e. The second-order valence-corrected chi connectivity index (χ2v) is 5.66. The molecule has 0 spiro atoms. The number of ether oxygens (including phenoxy) is 1. The Morgan fingerprint density at radius 2 is 2.04 bits per heavy atom. The summed E-state index contributed by atoms with van der Waals surface area (Å²) in [5.41, 5.74) is 1.08. The van der Waals surface area contributed by atoms with Crippen LogP contribution in [-0.2, 0) is 9.53 Å². The van der Waals surface area contributed by atoms with Crippen LogP contribution >= 0.6 is 0 Å². The third-order valence-corrected chi connectivity index (χ3v) is 3.96. The molecule has 0 saturated carbocycles. The van der Waals surface area contributed by atoms with E-state index in [-0.39, 0.29) is 12.6 Å². The highest BCUT2D eigenvalue weighted by Crippen LogP contribution is 2.18. The van der Waals surface area contributed by atoms with Crippen molar-refractivity contribution in [2.24, 2.45) is 0 Å². The van der Waals surface area contributed by atoms with Crippen molar-refractivity contribution in [3.63, 3.8) is 0 Å². The zero-order chi connectivity index (χ0) is 16.1. The monoisotopic (exact) mass is 316 g/mol. The zero-order valence-electron chi connectivity index (χ0n) is 12.9. The van der Waals surface area contributed by atoms with Crippen LogP contribution in [0.4, 0.5) is 10.6 Å². The number of anilines is 1. The number of rotatable bonds is 4. The first-order chi connectivity index (χ1) is 11.2. The molecule has 0 bridgehead atoms. The van der Waals surface area contributed by atoms with Gasteiger partial charge in [-0.25, -0.2) is 14.6 Å². The average Bonchev–Trinajstić information content (AvgIpc) is 2.90. The fraction of sp³-hybridized carbons (Fsp3) is 0.438. The van der Waals surface area contributed by atoms with Gasteiger partial charge in [0.1, 0.15) is 12.4 Å². The first kappa shape index (κ1) is 15.5. The Labute approximate surface area is 134 Å². The van der Waals surface area contributed by atoms with E-state index < -0.39 is 6.03 Å². The molecule has 7 nitrogen and oxygen atoms in total. The molecule has 2 amide bonds. The fourth-order valence-electron chi connectivity index (χ4n) is 2.77. The maximum atomic E-state index is 12.0. The normalized spacial score (nSPS) is 18.7. The largest absolute Gasteiger partial charge is 0.456 e. The van der Waals surface area contributed by atoms with Gasteiger partial charge >= 0.3 is 12.0 Å². The number of aromatic nitrogens is 1. The molecule has 1 aromatic heterocycles. The number of pyridine rings is 1. The number of carbonyl (C=O) groups excluding carboxylic acids is 2. The van der Waals surface area contributed by atoms with E-state index in [1.807, 2.05) is 0 Å². The van der Waals surface area contributed by atoms with E-state index in [2.05, 4.69) is 20.5 Å². The maximum absolute atomic E-state index is 12.0. The Morgan fingerprint density at radius 3 is 2.78 bits per heavy atom. The number of amides is 2. The minimum absolute atomic E-state index is 0.109. The first-order valence-electron chi connectivity index (χ1n) is 7.83. The number of cyclic esters (lactones) is 1. The third-order valence-electron chi connectivity index (χ3n) is 3.96. The van der Waals surface area contributed by atoms with Gasteiger partial charge in [0.15, 0.2) is 0 Å². The van der Waals surface area contributed by atoms with Gasteiger partial charge in [-0.1, -0.05) is 12.5 Å². The van der Waals surface area contributed by atoms with E-state index in [0.29, 0.717) is 23.6 Å². The summed E-state index contributed by atoms with van der Waals surface area (Å²) in [6.45, 7) is 2.59. The molecule has 2 aliphatic heterocycles. The summed E-state index contributed by atoms with van der Waals surface area (Å²) in [5, 5.41) is 5.35. The molecule has 2 N–H and O–H groups in total. The van der Waals surface area contributed by atoms with Gasteiger partial charge in [-0.2, -0.15) is 0 Å². The van der Waals surface area contributed by atoms with Crippen LogP contribution in [0.25, 0.3) is 0 Å². The summed E-state index contributed by atoms with van der Waals surface area (Å²) in [4.78, 5) is 30.2. The number of hydrogen-bond acceptors (Lipinski definition) is 5. The first-order valence-corrected chi connectivity index (χ1v) is 7.83. The molecule has 0 atom stereocenters. The van der Waals surface area contributed by atoms with Crippen LogP contribution in [-0.4, -0.2) is 48.1 Å². The minimum atomic E-state index is -0.423. The fourth-order valence-corrected chi connectivity index (χ4v) is 2.77. The molecule has 7 heteroatoms. The Bertz CT molecular complexity index is 609. The molecule has 3 heterocycles. The van der Waals surface area contributed by atoms with Gasteiger partial charge in [-0.3, -0.25) is 10.2 Å². The number of likely N-dealkylation sites (tertiary alicyclic amines) is 1. The molecule has 0 radical (unpaired) electrons. The summed E-state index contributed by atoms with van der Waals surface area (Å²) in [5.74, 6) is 0.108. The number of nitrogens with zero attached hydrogens (tertiary/aromatic N) is 2. The number of urea groups is 1. The topological polar surface area (TPSA) is 83.6 Å². The Kier molecular flexibility index (Phi) is 4.87. The average molecular weight is 316 g/mol. The SMILES string of the molecule is O=C(NC1=C(CN2CCCCC2)C(=O)OC1)Nc1ccccn1. The van der Waals surface area contributed by atoms with Crippen molar-refractivity contribution in [3.8, 4) is 0 Å². The van der Waals surface area contributed by atoms with Crippen LogP contribution in [0.2, 0.25) is 0 Å². The molecule has 3 rings (SSSR count). The van der Waals surface area contributed by atoms with Gasteiger partial charge in [0, 0.05) is 12.7 Å². The summed E-state index contributed by atoms with van der Waals surface area (Å²) in [6, 6.07) is 4.82. The standard InChI is InChI=1S/C16H20N4O3/c21-15-12(10-20-8-4-1-5-9-20)13(11-23-15)18-16(22)19-14-6-2-3-7-17-14/h2-3,6-7H,1,4-5,8-11H2,(H2,17,18,19,22). The molecule has 2 aliphatic rings. The van der Waals surface area contributed by atoms with Crippen LogP contribution in [0.5, 0.6) is 0 Å². The molecule has 0 unspecified atom stereocenters. The molecule has 1 fully saturated rings. The van der Waals surface area contributed by atoms with Crippen molar-refractivity contribution in [1.82, 2.24) is 15.2 Å². The van der Waals surface area contributed by atoms with E-state index in [9.17, 15) is 9.59 Å². The van der Waals surface area contributed by atoms with Gasteiger partial charge in [-0.15, -0.1) is 0 Å². The predicted molar refractivity (Wildman–Crippen MR) is 84.7 cm³/mol. The van der Waals surface area contributed by atoms with Crippen LogP contribution < -0.4 is 10.6 Å². The molecular formula is C16H20N4O3. The smallest absolute Gasteiger partial charge is 0.337 e. The van der Waals surface area contributed by atoms with Gasteiger partial charge in [0.05, 0.1) is 11.3 Å². The lowest BCUT2D eigenvalue weighted by Gasteiger charge is -2.26. The van der Waals surface area contributed by atoms with E-state index in [4.69, 9.17) is 4.74 Å². The summed E-state index contributed by atoms with van der Waals surface area (Å²) >= 11 is 0. The van der Waals surface area contributed by atoms with Crippen LogP contribution in [0.15, 0.2) is 35.7 Å². The minimum Gasteiger partial charge on any atom is -0.456 e. The van der Waals surface area contributed by atoms with Crippen molar-refractivity contribution in [3.05, 3.63) is 35.7 Å². The van der Waals surface area contributed by atoms with Crippen molar-refractivity contribution in [1.29, 1.82) is 0 Å². The molecule has 23 heavy (non-hydrogen) atoms. The van der Waals surface area contributed by atoms with Gasteiger partial charge in [0.2, 0.25) is 0 Å². The van der Waals surface area contributed by atoms with Crippen molar-refractivity contribution in [2.45, 2.75) is 19.3 Å². The highest BCUT2D eigenvalue weighted by molar-refractivity contribution is 5.95. The Morgan fingerprint density at radius 1 is 1.22 bits per heavy atom. The van der Waals surface area contributed by atoms with E-state index in [0.717, 1.165) is 25.9 Å². The quantitative estimate of drug-likeness (QED) is 0.823.